The molecule has 0 saturated heterocycles. The Morgan fingerprint density at radius 1 is 0.950 bits per heavy atom. The molecule has 0 N–H and O–H groups in total. The summed E-state index contributed by atoms with van der Waals surface area (Å²) >= 11 is 12.1. The molecule has 0 saturated carbocycles. The Bertz CT molecular complexity index is 584. The van der Waals surface area contributed by atoms with Gasteiger partial charge in [0.05, 0.1) is 0 Å². The minimum Gasteiger partial charge on any atom is -0.207 e. The summed E-state index contributed by atoms with van der Waals surface area (Å²) in [4.78, 5) is 0. The molecule has 0 heterocycles. The zero-order chi connectivity index (χ0) is 14.5. The van der Waals surface area contributed by atoms with Gasteiger partial charge >= 0.3 is 0 Å². The minimum atomic E-state index is -0.570. The van der Waals surface area contributed by atoms with E-state index in [0.717, 1.165) is 11.6 Å². The third-order valence-electron chi connectivity index (χ3n) is 3.21. The van der Waals surface area contributed by atoms with Crippen molar-refractivity contribution in [1.82, 2.24) is 0 Å². The largest absolute Gasteiger partial charge is 0.207 e. The molecule has 0 nitrogen and oxygen atoms in total. The molecule has 2 rings (SSSR count). The number of alkyl halides is 1. The van der Waals surface area contributed by atoms with E-state index in [0.29, 0.717) is 29.3 Å². The van der Waals surface area contributed by atoms with Gasteiger partial charge in [-0.2, -0.15) is 0 Å². The van der Waals surface area contributed by atoms with Crippen LogP contribution in [0, 0.1) is 17.6 Å². The Hall–Kier alpha value is -1.12. The van der Waals surface area contributed by atoms with E-state index < -0.39 is 11.6 Å². The van der Waals surface area contributed by atoms with Crippen LogP contribution in [0.25, 0.3) is 0 Å². The molecule has 0 aromatic heterocycles. The van der Waals surface area contributed by atoms with E-state index in [-0.39, 0.29) is 5.92 Å². The molecule has 1 unspecified atom stereocenters. The zero-order valence-corrected chi connectivity index (χ0v) is 12.3. The van der Waals surface area contributed by atoms with Crippen molar-refractivity contribution in [3.8, 4) is 0 Å². The average molecular weight is 315 g/mol. The lowest BCUT2D eigenvalue weighted by Crippen LogP contribution is -2.11. The van der Waals surface area contributed by atoms with Gasteiger partial charge in [0.2, 0.25) is 0 Å². The van der Waals surface area contributed by atoms with Crippen molar-refractivity contribution in [2.24, 2.45) is 5.92 Å². The highest BCUT2D eigenvalue weighted by Gasteiger charge is 2.14. The first-order valence-corrected chi connectivity index (χ1v) is 7.24. The zero-order valence-electron chi connectivity index (χ0n) is 10.8. The number of rotatable bonds is 5. The Balaban J connectivity index is 2.11. The summed E-state index contributed by atoms with van der Waals surface area (Å²) in [7, 11) is 0. The second-order valence-corrected chi connectivity index (χ2v) is 5.47. The third kappa shape index (κ3) is 3.94. The normalized spacial score (nSPS) is 12.4. The molecule has 0 bridgehead atoms. The maximum atomic E-state index is 13.7. The maximum absolute atomic E-state index is 13.7. The first-order chi connectivity index (χ1) is 9.60. The smallest absolute Gasteiger partial charge is 0.129 e. The third-order valence-corrected chi connectivity index (χ3v) is 4.01. The number of hydrogen-bond acceptors (Lipinski definition) is 0. The summed E-state index contributed by atoms with van der Waals surface area (Å²) in [6.07, 6.45) is 1.13. The topological polar surface area (TPSA) is 0 Å². The molecule has 0 spiro atoms. The number of halogens is 4. The van der Waals surface area contributed by atoms with Gasteiger partial charge < -0.3 is 0 Å². The molecule has 2 aromatic rings. The molecule has 0 fully saturated rings. The molecule has 2 aromatic carbocycles. The highest BCUT2D eigenvalue weighted by Crippen LogP contribution is 2.23. The van der Waals surface area contributed by atoms with Gasteiger partial charge in [-0.3, -0.25) is 0 Å². The highest BCUT2D eigenvalue weighted by atomic mass is 35.5. The van der Waals surface area contributed by atoms with Gasteiger partial charge in [-0.1, -0.05) is 35.9 Å². The average Bonchev–Trinajstić information content (AvgIpc) is 2.43. The van der Waals surface area contributed by atoms with Crippen LogP contribution in [-0.2, 0) is 12.8 Å². The van der Waals surface area contributed by atoms with Gasteiger partial charge in [0, 0.05) is 17.0 Å². The van der Waals surface area contributed by atoms with Gasteiger partial charge in [0.25, 0.3) is 0 Å². The highest BCUT2D eigenvalue weighted by molar-refractivity contribution is 6.31. The molecule has 0 amide bonds. The van der Waals surface area contributed by atoms with Gasteiger partial charge in [0.1, 0.15) is 11.6 Å². The van der Waals surface area contributed by atoms with Crippen molar-refractivity contribution >= 4 is 23.2 Å². The molecule has 106 valence electrons. The monoisotopic (exact) mass is 314 g/mol. The second kappa shape index (κ2) is 7.05. The van der Waals surface area contributed by atoms with E-state index in [1.54, 1.807) is 0 Å². The number of benzene rings is 2. The molecule has 0 aliphatic rings. The van der Waals surface area contributed by atoms with Crippen LogP contribution in [0.15, 0.2) is 42.5 Å². The molecular weight excluding hydrogens is 301 g/mol. The lowest BCUT2D eigenvalue weighted by Gasteiger charge is -2.15. The van der Waals surface area contributed by atoms with Crippen LogP contribution >= 0.6 is 23.2 Å². The molecule has 0 radical (unpaired) electrons. The van der Waals surface area contributed by atoms with E-state index in [4.69, 9.17) is 23.2 Å². The van der Waals surface area contributed by atoms with Crippen LogP contribution in [0.1, 0.15) is 11.1 Å². The van der Waals surface area contributed by atoms with Crippen molar-refractivity contribution in [2.45, 2.75) is 12.8 Å². The molecule has 0 aliphatic heterocycles. The van der Waals surface area contributed by atoms with Crippen LogP contribution < -0.4 is 0 Å². The van der Waals surface area contributed by atoms with Crippen LogP contribution in [-0.4, -0.2) is 5.88 Å². The first kappa shape index (κ1) is 15.3. The van der Waals surface area contributed by atoms with Crippen LogP contribution in [0.5, 0.6) is 0 Å². The van der Waals surface area contributed by atoms with Crippen LogP contribution in [0.4, 0.5) is 8.78 Å². The first-order valence-electron chi connectivity index (χ1n) is 6.33. The second-order valence-electron chi connectivity index (χ2n) is 4.76. The molecule has 1 atom stereocenters. The van der Waals surface area contributed by atoms with Crippen molar-refractivity contribution in [3.63, 3.8) is 0 Å². The van der Waals surface area contributed by atoms with Crippen molar-refractivity contribution in [3.05, 3.63) is 70.2 Å². The fraction of sp³-hybridized carbons (Fsp3) is 0.250. The summed E-state index contributed by atoms with van der Waals surface area (Å²) < 4.78 is 26.5. The predicted octanol–water partition coefficient (Wildman–Crippen LogP) is 5.26. The van der Waals surface area contributed by atoms with Crippen molar-refractivity contribution in [1.29, 1.82) is 0 Å². The summed E-state index contributed by atoms with van der Waals surface area (Å²) in [6, 6.07) is 11.2. The van der Waals surface area contributed by atoms with E-state index in [1.807, 2.05) is 24.3 Å². The maximum Gasteiger partial charge on any atom is 0.129 e. The van der Waals surface area contributed by atoms with Crippen LogP contribution in [0.3, 0.4) is 0 Å². The van der Waals surface area contributed by atoms with E-state index in [9.17, 15) is 8.78 Å². The van der Waals surface area contributed by atoms with Crippen molar-refractivity contribution < 1.29 is 8.78 Å². The van der Waals surface area contributed by atoms with Gasteiger partial charge in [-0.25, -0.2) is 8.78 Å². The molecule has 4 heteroatoms. The Morgan fingerprint density at radius 2 is 1.65 bits per heavy atom. The predicted molar refractivity (Wildman–Crippen MR) is 79.4 cm³/mol. The quantitative estimate of drug-likeness (QED) is 0.660. The van der Waals surface area contributed by atoms with Crippen molar-refractivity contribution in [2.75, 3.05) is 5.88 Å². The lowest BCUT2D eigenvalue weighted by molar-refractivity contribution is 0.534. The summed E-state index contributed by atoms with van der Waals surface area (Å²) in [5.41, 5.74) is 1.46. The molecule has 0 aliphatic carbocycles. The van der Waals surface area contributed by atoms with Crippen LogP contribution in [0.2, 0.25) is 5.02 Å². The Kier molecular flexibility index (Phi) is 5.38. The summed E-state index contributed by atoms with van der Waals surface area (Å²) in [5, 5.41) is 0.683. The molecular formula is C16H14Cl2F2. The lowest BCUT2D eigenvalue weighted by atomic mass is 9.94. The minimum absolute atomic E-state index is 0.0523. The molecule has 20 heavy (non-hydrogen) atoms. The van der Waals surface area contributed by atoms with Gasteiger partial charge in [-0.05, 0) is 42.0 Å². The summed E-state index contributed by atoms with van der Waals surface area (Å²) in [5.74, 6) is -0.655. The Morgan fingerprint density at radius 3 is 2.30 bits per heavy atom. The van der Waals surface area contributed by atoms with Gasteiger partial charge in [0.15, 0.2) is 0 Å². The van der Waals surface area contributed by atoms with E-state index in [1.165, 1.54) is 12.1 Å². The van der Waals surface area contributed by atoms with E-state index >= 15 is 0 Å². The fourth-order valence-electron chi connectivity index (χ4n) is 2.15. The SMILES string of the molecule is Fc1ccc(CC(CCl)Cc2ccccc2Cl)c(F)c1. The Labute approximate surface area is 127 Å². The van der Waals surface area contributed by atoms with E-state index in [2.05, 4.69) is 0 Å². The standard InChI is InChI=1S/C16H14Cl2F2/c17-10-11(7-12-3-1-2-4-15(12)18)8-13-5-6-14(19)9-16(13)20/h1-6,9,11H,7-8,10H2. The fourth-order valence-corrected chi connectivity index (χ4v) is 2.59. The van der Waals surface area contributed by atoms with Gasteiger partial charge in [-0.15, -0.1) is 11.6 Å². The number of hydrogen-bond donors (Lipinski definition) is 0. The summed E-state index contributed by atoms with van der Waals surface area (Å²) in [6.45, 7) is 0.